The van der Waals surface area contributed by atoms with Crippen LogP contribution in [0.3, 0.4) is 0 Å². The SMILES string of the molecule is C1=Nc2ncccc2[NH2+]1.[Br-]. The molecule has 0 bridgehead atoms. The van der Waals surface area contributed by atoms with Crippen LogP contribution < -0.4 is 22.3 Å². The van der Waals surface area contributed by atoms with Crippen LogP contribution in [0.1, 0.15) is 0 Å². The fourth-order valence-corrected chi connectivity index (χ4v) is 0.836. The highest BCUT2D eigenvalue weighted by molar-refractivity contribution is 5.66. The van der Waals surface area contributed by atoms with Crippen LogP contribution in [0.4, 0.5) is 11.5 Å². The van der Waals surface area contributed by atoms with Crippen LogP contribution in [0.25, 0.3) is 0 Å². The molecule has 3 nitrogen and oxygen atoms in total. The molecule has 52 valence electrons. The zero-order valence-corrected chi connectivity index (χ0v) is 6.75. The summed E-state index contributed by atoms with van der Waals surface area (Å²) in [6, 6.07) is 3.90. The molecule has 1 aliphatic rings. The van der Waals surface area contributed by atoms with E-state index in [1.165, 1.54) is 0 Å². The summed E-state index contributed by atoms with van der Waals surface area (Å²) in [7, 11) is 0. The number of hydrogen-bond donors (Lipinski definition) is 1. The molecule has 0 saturated carbocycles. The molecule has 1 aromatic rings. The molecule has 4 heteroatoms. The first-order valence-electron chi connectivity index (χ1n) is 2.79. The Morgan fingerprint density at radius 2 is 2.30 bits per heavy atom. The van der Waals surface area contributed by atoms with E-state index in [1.54, 1.807) is 12.5 Å². The Bertz CT molecular complexity index is 259. The van der Waals surface area contributed by atoms with Gasteiger partial charge in [0.25, 0.3) is 0 Å². The largest absolute Gasteiger partial charge is 1.00 e. The first-order valence-corrected chi connectivity index (χ1v) is 2.79. The van der Waals surface area contributed by atoms with Crippen molar-refractivity contribution in [1.82, 2.24) is 4.98 Å². The molecule has 0 unspecified atom stereocenters. The number of aliphatic imine (C=N–C) groups is 1. The Labute approximate surface area is 69.0 Å². The lowest BCUT2D eigenvalue weighted by atomic mass is 10.4. The van der Waals surface area contributed by atoms with E-state index >= 15 is 0 Å². The Morgan fingerprint density at radius 3 is 3.10 bits per heavy atom. The Balaban J connectivity index is 0.000000500. The molecule has 0 atom stereocenters. The van der Waals surface area contributed by atoms with Gasteiger partial charge in [-0.2, -0.15) is 4.99 Å². The van der Waals surface area contributed by atoms with Gasteiger partial charge in [0, 0.05) is 12.3 Å². The fraction of sp³-hybridized carbons (Fsp3) is 0. The van der Waals surface area contributed by atoms with Crippen molar-refractivity contribution >= 4 is 17.8 Å². The molecule has 1 aromatic heterocycles. The van der Waals surface area contributed by atoms with Crippen molar-refractivity contribution in [2.24, 2.45) is 4.99 Å². The summed E-state index contributed by atoms with van der Waals surface area (Å²) < 4.78 is 0. The standard InChI is InChI=1S/C6H5N3.BrH/c1-2-5-6(7-3-1)9-4-8-5;/h1-4H,(H,7,8,9);1H. The van der Waals surface area contributed by atoms with Crippen LogP contribution in [0.2, 0.25) is 0 Å². The van der Waals surface area contributed by atoms with Crippen molar-refractivity contribution in [3.8, 4) is 0 Å². The summed E-state index contributed by atoms with van der Waals surface area (Å²) >= 11 is 0. The van der Waals surface area contributed by atoms with Gasteiger partial charge in [-0.25, -0.2) is 4.98 Å². The van der Waals surface area contributed by atoms with Crippen LogP contribution in [0, 0.1) is 0 Å². The van der Waals surface area contributed by atoms with Crippen molar-refractivity contribution in [3.05, 3.63) is 18.3 Å². The Hall–Kier alpha value is -0.740. The van der Waals surface area contributed by atoms with Gasteiger partial charge < -0.3 is 17.0 Å². The van der Waals surface area contributed by atoms with Gasteiger partial charge in [0.2, 0.25) is 5.82 Å². The summed E-state index contributed by atoms with van der Waals surface area (Å²) in [4.78, 5) is 8.04. The van der Waals surface area contributed by atoms with Crippen LogP contribution in [-0.4, -0.2) is 11.3 Å². The van der Waals surface area contributed by atoms with E-state index in [1.807, 2.05) is 17.4 Å². The predicted molar refractivity (Wildman–Crippen MR) is 34.0 cm³/mol. The number of hydrogen-bond acceptors (Lipinski definition) is 2. The quantitative estimate of drug-likeness (QED) is 0.475. The lowest BCUT2D eigenvalue weighted by molar-refractivity contribution is -0.427. The molecule has 10 heavy (non-hydrogen) atoms. The van der Waals surface area contributed by atoms with Crippen LogP contribution in [-0.2, 0) is 0 Å². The Morgan fingerprint density at radius 1 is 1.40 bits per heavy atom. The molecule has 2 heterocycles. The van der Waals surface area contributed by atoms with Gasteiger partial charge in [-0.1, -0.05) is 0 Å². The molecule has 0 spiro atoms. The number of fused-ring (bicyclic) bond motifs is 1. The average Bonchev–Trinajstić information content (AvgIpc) is 2.33. The second-order valence-electron chi connectivity index (χ2n) is 1.86. The van der Waals surface area contributed by atoms with E-state index in [0.29, 0.717) is 0 Å². The highest BCUT2D eigenvalue weighted by Gasteiger charge is 2.08. The molecule has 0 radical (unpaired) electrons. The molecule has 2 rings (SSSR count). The molecule has 0 fully saturated rings. The van der Waals surface area contributed by atoms with Crippen molar-refractivity contribution < 1.29 is 22.3 Å². The summed E-state index contributed by atoms with van der Waals surface area (Å²) in [5.74, 6) is 0.831. The number of rotatable bonds is 0. The predicted octanol–water partition coefficient (Wildman–Crippen LogP) is -3.05. The Kier molecular flexibility index (Phi) is 2.13. The third-order valence-electron chi connectivity index (χ3n) is 1.27. The van der Waals surface area contributed by atoms with Crippen molar-refractivity contribution in [2.45, 2.75) is 0 Å². The number of halogens is 1. The molecule has 0 aromatic carbocycles. The minimum Gasteiger partial charge on any atom is -1.00 e. The third-order valence-corrected chi connectivity index (χ3v) is 1.27. The normalized spacial score (nSPS) is 12.4. The third kappa shape index (κ3) is 1.08. The van der Waals surface area contributed by atoms with E-state index in [9.17, 15) is 0 Å². The number of pyridine rings is 1. The second kappa shape index (κ2) is 2.90. The second-order valence-corrected chi connectivity index (χ2v) is 1.86. The van der Waals surface area contributed by atoms with Gasteiger partial charge in [-0.15, -0.1) is 0 Å². The van der Waals surface area contributed by atoms with Gasteiger partial charge in [-0.05, 0) is 6.07 Å². The lowest BCUT2D eigenvalue weighted by Gasteiger charge is -1.86. The average molecular weight is 200 g/mol. The smallest absolute Gasteiger partial charge is 0.219 e. The highest BCUT2D eigenvalue weighted by Crippen LogP contribution is 2.16. The first-order chi connectivity index (χ1) is 4.47. The van der Waals surface area contributed by atoms with E-state index < -0.39 is 0 Å². The zero-order valence-electron chi connectivity index (χ0n) is 5.16. The molecule has 2 N–H and O–H groups in total. The molecule has 1 aliphatic heterocycles. The number of nitrogens with zero attached hydrogens (tertiary/aromatic N) is 2. The minimum atomic E-state index is 0. The fourth-order valence-electron chi connectivity index (χ4n) is 0.836. The van der Waals surface area contributed by atoms with Crippen molar-refractivity contribution in [3.63, 3.8) is 0 Å². The molecular weight excluding hydrogens is 194 g/mol. The van der Waals surface area contributed by atoms with Crippen molar-refractivity contribution in [1.29, 1.82) is 0 Å². The van der Waals surface area contributed by atoms with E-state index in [4.69, 9.17) is 0 Å². The van der Waals surface area contributed by atoms with Gasteiger partial charge in [-0.3, -0.25) is 5.32 Å². The maximum atomic E-state index is 4.03. The van der Waals surface area contributed by atoms with Gasteiger partial charge in [0.05, 0.1) is 0 Å². The summed E-state index contributed by atoms with van der Waals surface area (Å²) in [6.07, 6.45) is 3.51. The molecule has 0 amide bonds. The van der Waals surface area contributed by atoms with Crippen LogP contribution in [0.5, 0.6) is 0 Å². The molecular formula is C6H6BrN3. The van der Waals surface area contributed by atoms with Gasteiger partial charge in [0.15, 0.2) is 12.0 Å². The van der Waals surface area contributed by atoms with Crippen LogP contribution in [0.15, 0.2) is 23.3 Å². The van der Waals surface area contributed by atoms with Gasteiger partial charge in [0.1, 0.15) is 0 Å². The lowest BCUT2D eigenvalue weighted by Crippen LogP contribution is -3.00. The number of aromatic nitrogens is 1. The molecule has 0 saturated heterocycles. The topological polar surface area (TPSA) is 41.9 Å². The maximum Gasteiger partial charge on any atom is 0.219 e. The highest BCUT2D eigenvalue weighted by atomic mass is 79.9. The van der Waals surface area contributed by atoms with Crippen molar-refractivity contribution in [2.75, 3.05) is 0 Å². The van der Waals surface area contributed by atoms with Crippen LogP contribution >= 0.6 is 0 Å². The zero-order chi connectivity index (χ0) is 6.10. The number of quaternary nitrogens is 1. The monoisotopic (exact) mass is 199 g/mol. The first kappa shape index (κ1) is 7.37. The summed E-state index contributed by atoms with van der Waals surface area (Å²) in [6.45, 7) is 0. The maximum absolute atomic E-state index is 4.03. The molecule has 0 aliphatic carbocycles. The number of nitrogens with two attached hydrogens (primary N) is 1. The summed E-state index contributed by atoms with van der Waals surface area (Å²) in [5.41, 5.74) is 1.11. The minimum absolute atomic E-state index is 0. The van der Waals surface area contributed by atoms with E-state index in [2.05, 4.69) is 9.98 Å². The van der Waals surface area contributed by atoms with E-state index in [-0.39, 0.29) is 17.0 Å². The van der Waals surface area contributed by atoms with E-state index in [0.717, 1.165) is 11.5 Å². The van der Waals surface area contributed by atoms with Gasteiger partial charge >= 0.3 is 0 Å². The summed E-state index contributed by atoms with van der Waals surface area (Å²) in [5, 5.41) is 1.95.